The van der Waals surface area contributed by atoms with Crippen LogP contribution < -0.4 is 5.56 Å². The Labute approximate surface area is 183 Å². The zero-order valence-electron chi connectivity index (χ0n) is 16.7. The maximum absolute atomic E-state index is 13.1. The summed E-state index contributed by atoms with van der Waals surface area (Å²) in [5.41, 5.74) is 1.38. The number of fused-ring (bicyclic) bond motifs is 1. The minimum atomic E-state index is -0.428. The van der Waals surface area contributed by atoms with Crippen LogP contribution in [-0.4, -0.2) is 27.2 Å². The molecule has 0 fully saturated rings. The molecule has 0 aliphatic rings. The van der Waals surface area contributed by atoms with Crippen molar-refractivity contribution in [3.8, 4) is 0 Å². The molecule has 9 heteroatoms. The van der Waals surface area contributed by atoms with Crippen molar-refractivity contribution in [2.24, 2.45) is 0 Å². The van der Waals surface area contributed by atoms with Crippen LogP contribution in [0.3, 0.4) is 0 Å². The highest BCUT2D eigenvalue weighted by atomic mass is 35.5. The first kappa shape index (κ1) is 22.3. The summed E-state index contributed by atoms with van der Waals surface area (Å²) in [6, 6.07) is 11.4. The van der Waals surface area contributed by atoms with E-state index in [1.54, 1.807) is 34.9 Å². The van der Waals surface area contributed by atoms with E-state index in [1.165, 1.54) is 23.9 Å². The Kier molecular flexibility index (Phi) is 7.47. The number of non-ortho nitro benzene ring substituents is 1. The van der Waals surface area contributed by atoms with Crippen LogP contribution in [0.2, 0.25) is 5.02 Å². The van der Waals surface area contributed by atoms with E-state index in [-0.39, 0.29) is 17.4 Å². The van der Waals surface area contributed by atoms with Crippen molar-refractivity contribution in [3.05, 3.63) is 73.5 Å². The number of nitro groups is 1. The van der Waals surface area contributed by atoms with E-state index < -0.39 is 4.92 Å². The van der Waals surface area contributed by atoms with E-state index in [4.69, 9.17) is 16.3 Å². The number of benzene rings is 2. The number of nitrogens with zero attached hydrogens (tertiary/aromatic N) is 3. The first-order valence-electron chi connectivity index (χ1n) is 9.53. The minimum absolute atomic E-state index is 0.0456. The summed E-state index contributed by atoms with van der Waals surface area (Å²) in [6.45, 7) is 4.98. The van der Waals surface area contributed by atoms with Crippen molar-refractivity contribution in [2.75, 3.05) is 6.61 Å². The number of halogens is 1. The van der Waals surface area contributed by atoms with Gasteiger partial charge in [0.2, 0.25) is 0 Å². The Bertz CT molecular complexity index is 1100. The zero-order chi connectivity index (χ0) is 21.7. The molecular formula is C21H22ClN3O4S. The maximum atomic E-state index is 13.1. The number of hydrogen-bond acceptors (Lipinski definition) is 6. The fraction of sp³-hybridized carbons (Fsp3) is 0.333. The second-order valence-corrected chi connectivity index (χ2v) is 8.38. The van der Waals surface area contributed by atoms with Crippen LogP contribution in [0.15, 0.2) is 52.4 Å². The molecule has 0 spiro atoms. The lowest BCUT2D eigenvalue weighted by Crippen LogP contribution is -2.24. The second kappa shape index (κ2) is 10.1. The molecular weight excluding hydrogens is 426 g/mol. The number of hydrogen-bond donors (Lipinski definition) is 0. The van der Waals surface area contributed by atoms with Crippen molar-refractivity contribution < 1.29 is 9.66 Å². The van der Waals surface area contributed by atoms with Crippen molar-refractivity contribution >= 4 is 40.0 Å². The van der Waals surface area contributed by atoms with Crippen LogP contribution in [-0.2, 0) is 17.0 Å². The Morgan fingerprint density at radius 2 is 1.97 bits per heavy atom. The van der Waals surface area contributed by atoms with Gasteiger partial charge in [0.25, 0.3) is 11.2 Å². The normalized spacial score (nSPS) is 11.3. The Morgan fingerprint density at radius 3 is 2.63 bits per heavy atom. The highest BCUT2D eigenvalue weighted by molar-refractivity contribution is 7.98. The van der Waals surface area contributed by atoms with E-state index in [2.05, 4.69) is 4.98 Å². The number of nitro benzene ring substituents is 1. The standard InChI is InChI=1S/C21H22ClN3O4S/c1-14(2)29-11-3-10-24-20(26)18-9-6-16(22)12-19(18)23-21(24)30-13-15-4-7-17(8-5-15)25(27)28/h4-9,12,14H,3,10-11,13H2,1-2H3. The SMILES string of the molecule is CC(C)OCCCn1c(SCc2ccc([N+](=O)[O-])cc2)nc2cc(Cl)ccc2c1=O. The number of aromatic nitrogens is 2. The smallest absolute Gasteiger partial charge is 0.269 e. The molecule has 0 saturated carbocycles. The summed E-state index contributed by atoms with van der Waals surface area (Å²) in [5, 5.41) is 12.4. The predicted molar refractivity (Wildman–Crippen MR) is 119 cm³/mol. The van der Waals surface area contributed by atoms with Crippen LogP contribution in [0.4, 0.5) is 5.69 Å². The molecule has 0 aliphatic heterocycles. The molecule has 30 heavy (non-hydrogen) atoms. The minimum Gasteiger partial charge on any atom is -0.379 e. The monoisotopic (exact) mass is 447 g/mol. The molecule has 158 valence electrons. The highest BCUT2D eigenvalue weighted by Gasteiger charge is 2.13. The summed E-state index contributed by atoms with van der Waals surface area (Å²) < 4.78 is 7.25. The van der Waals surface area contributed by atoms with E-state index in [0.29, 0.717) is 46.4 Å². The molecule has 0 unspecified atom stereocenters. The van der Waals surface area contributed by atoms with Gasteiger partial charge in [-0.05, 0) is 44.0 Å². The predicted octanol–water partition coefficient (Wildman–Crippen LogP) is 5.07. The molecule has 2 aromatic carbocycles. The first-order valence-corrected chi connectivity index (χ1v) is 10.9. The molecule has 1 heterocycles. The Morgan fingerprint density at radius 1 is 1.23 bits per heavy atom. The molecule has 3 rings (SSSR count). The van der Waals surface area contributed by atoms with Gasteiger partial charge in [0.1, 0.15) is 0 Å². The number of rotatable bonds is 9. The molecule has 7 nitrogen and oxygen atoms in total. The van der Waals surface area contributed by atoms with Gasteiger partial charge in [-0.1, -0.05) is 35.5 Å². The van der Waals surface area contributed by atoms with Gasteiger partial charge >= 0.3 is 0 Å². The molecule has 0 radical (unpaired) electrons. The quantitative estimate of drug-likeness (QED) is 0.150. The number of ether oxygens (including phenoxy) is 1. The van der Waals surface area contributed by atoms with Gasteiger partial charge in [0.05, 0.1) is 21.9 Å². The van der Waals surface area contributed by atoms with E-state index in [9.17, 15) is 14.9 Å². The fourth-order valence-corrected chi connectivity index (χ4v) is 4.03. The van der Waals surface area contributed by atoms with E-state index in [1.807, 2.05) is 13.8 Å². The summed E-state index contributed by atoms with van der Waals surface area (Å²) in [6.07, 6.45) is 0.818. The molecule has 0 saturated heterocycles. The fourth-order valence-electron chi connectivity index (χ4n) is 2.88. The van der Waals surface area contributed by atoms with Gasteiger partial charge in [-0.15, -0.1) is 0 Å². The molecule has 0 aliphatic carbocycles. The highest BCUT2D eigenvalue weighted by Crippen LogP contribution is 2.24. The third-order valence-electron chi connectivity index (χ3n) is 4.37. The topological polar surface area (TPSA) is 87.3 Å². The van der Waals surface area contributed by atoms with Gasteiger partial charge in [0, 0.05) is 36.1 Å². The lowest BCUT2D eigenvalue weighted by molar-refractivity contribution is -0.384. The molecule has 0 N–H and O–H groups in total. The maximum Gasteiger partial charge on any atom is 0.269 e. The van der Waals surface area contributed by atoms with Crippen molar-refractivity contribution in [2.45, 2.75) is 43.8 Å². The third-order valence-corrected chi connectivity index (χ3v) is 5.66. The third kappa shape index (κ3) is 5.59. The Balaban J connectivity index is 1.86. The molecule has 3 aromatic rings. The average Bonchev–Trinajstić information content (AvgIpc) is 2.71. The number of thioether (sulfide) groups is 1. The van der Waals surface area contributed by atoms with E-state index >= 15 is 0 Å². The summed E-state index contributed by atoms with van der Waals surface area (Å²) in [7, 11) is 0. The van der Waals surface area contributed by atoms with Crippen molar-refractivity contribution in [3.63, 3.8) is 0 Å². The molecule has 0 bridgehead atoms. The lowest BCUT2D eigenvalue weighted by atomic mass is 10.2. The molecule has 0 atom stereocenters. The van der Waals surface area contributed by atoms with Crippen LogP contribution in [0, 0.1) is 10.1 Å². The van der Waals surface area contributed by atoms with Gasteiger partial charge in [-0.3, -0.25) is 19.5 Å². The second-order valence-electron chi connectivity index (χ2n) is 7.00. The van der Waals surface area contributed by atoms with Crippen LogP contribution in [0.1, 0.15) is 25.8 Å². The van der Waals surface area contributed by atoms with Crippen LogP contribution in [0.25, 0.3) is 10.9 Å². The van der Waals surface area contributed by atoms with Crippen molar-refractivity contribution in [1.29, 1.82) is 0 Å². The molecule has 0 amide bonds. The molecule has 1 aromatic heterocycles. The van der Waals surface area contributed by atoms with Gasteiger partial charge in [0.15, 0.2) is 5.16 Å². The summed E-state index contributed by atoms with van der Waals surface area (Å²) >= 11 is 7.49. The average molecular weight is 448 g/mol. The van der Waals surface area contributed by atoms with Crippen LogP contribution in [0.5, 0.6) is 0 Å². The van der Waals surface area contributed by atoms with Gasteiger partial charge < -0.3 is 4.74 Å². The van der Waals surface area contributed by atoms with Gasteiger partial charge in [-0.25, -0.2) is 4.98 Å². The van der Waals surface area contributed by atoms with Crippen LogP contribution >= 0.6 is 23.4 Å². The van der Waals surface area contributed by atoms with Crippen molar-refractivity contribution in [1.82, 2.24) is 9.55 Å². The van der Waals surface area contributed by atoms with E-state index in [0.717, 1.165) is 5.56 Å². The lowest BCUT2D eigenvalue weighted by Gasteiger charge is -2.14. The Hall–Kier alpha value is -2.42. The first-order chi connectivity index (χ1) is 14.3. The largest absolute Gasteiger partial charge is 0.379 e. The summed E-state index contributed by atoms with van der Waals surface area (Å²) in [4.78, 5) is 28.1. The van der Waals surface area contributed by atoms with Gasteiger partial charge in [-0.2, -0.15) is 0 Å². The zero-order valence-corrected chi connectivity index (χ0v) is 18.3. The summed E-state index contributed by atoms with van der Waals surface area (Å²) in [5.74, 6) is 0.527.